The molecule has 0 atom stereocenters. The number of carbonyl (C=O) groups excluding carboxylic acids is 1. The first-order valence-corrected chi connectivity index (χ1v) is 9.10. The normalized spacial score (nSPS) is 10.8. The molecule has 27 heavy (non-hydrogen) atoms. The maximum atomic E-state index is 12.6. The molecule has 0 radical (unpaired) electrons. The zero-order valence-electron chi connectivity index (χ0n) is 16.6. The second kappa shape index (κ2) is 9.62. The van der Waals surface area contributed by atoms with Crippen LogP contribution in [0.2, 0.25) is 5.02 Å². The van der Waals surface area contributed by atoms with Crippen molar-refractivity contribution in [1.82, 2.24) is 9.80 Å². The Morgan fingerprint density at radius 2 is 1.59 bits per heavy atom. The van der Waals surface area contributed by atoms with Crippen molar-refractivity contribution in [3.8, 4) is 11.5 Å². The number of halogens is 1. The molecular weight excluding hydrogens is 364 g/mol. The smallest absolute Gasteiger partial charge is 0.236 e. The number of hydrogen-bond acceptors (Lipinski definition) is 4. The molecule has 6 heteroatoms. The first kappa shape index (κ1) is 21.1. The molecule has 1 amide bonds. The highest BCUT2D eigenvalue weighted by molar-refractivity contribution is 6.30. The Labute approximate surface area is 166 Å². The standard InChI is InChI=1S/C21H27ClN2O3/c1-15-10-19(26-4)20(27-5)11-17(15)13-24(3)21(25)14-23(2)12-16-6-8-18(22)9-7-16/h6-11H,12-14H2,1-5H3. The third-order valence-electron chi connectivity index (χ3n) is 4.45. The Morgan fingerprint density at radius 3 is 2.19 bits per heavy atom. The number of carbonyl (C=O) groups is 1. The van der Waals surface area contributed by atoms with E-state index in [0.29, 0.717) is 36.2 Å². The van der Waals surface area contributed by atoms with Gasteiger partial charge in [-0.05, 0) is 54.9 Å². The molecule has 0 fully saturated rings. The van der Waals surface area contributed by atoms with Crippen molar-refractivity contribution in [3.05, 3.63) is 58.1 Å². The number of ether oxygens (including phenoxy) is 2. The molecule has 0 aliphatic carbocycles. The number of methoxy groups -OCH3 is 2. The summed E-state index contributed by atoms with van der Waals surface area (Å²) in [5, 5.41) is 0.711. The van der Waals surface area contributed by atoms with Gasteiger partial charge < -0.3 is 14.4 Å². The molecule has 0 aliphatic rings. The lowest BCUT2D eigenvalue weighted by molar-refractivity contribution is -0.131. The minimum Gasteiger partial charge on any atom is -0.493 e. The number of rotatable bonds is 8. The molecule has 0 aromatic heterocycles. The molecule has 0 heterocycles. The van der Waals surface area contributed by atoms with Crippen LogP contribution in [0.15, 0.2) is 36.4 Å². The Kier molecular flexibility index (Phi) is 7.51. The Bertz CT molecular complexity index is 778. The van der Waals surface area contributed by atoms with Gasteiger partial charge in [0, 0.05) is 25.2 Å². The first-order chi connectivity index (χ1) is 12.8. The van der Waals surface area contributed by atoms with Crippen molar-refractivity contribution in [2.75, 3.05) is 34.9 Å². The van der Waals surface area contributed by atoms with E-state index in [1.807, 2.05) is 62.3 Å². The summed E-state index contributed by atoms with van der Waals surface area (Å²) in [6, 6.07) is 11.5. The number of benzene rings is 2. The van der Waals surface area contributed by atoms with Gasteiger partial charge in [0.2, 0.25) is 5.91 Å². The molecule has 2 aromatic carbocycles. The lowest BCUT2D eigenvalue weighted by Crippen LogP contribution is -2.36. The molecule has 5 nitrogen and oxygen atoms in total. The average Bonchev–Trinajstić information content (AvgIpc) is 2.64. The van der Waals surface area contributed by atoms with Gasteiger partial charge in [-0.25, -0.2) is 0 Å². The number of amides is 1. The highest BCUT2D eigenvalue weighted by atomic mass is 35.5. The van der Waals surface area contributed by atoms with Crippen molar-refractivity contribution in [3.63, 3.8) is 0 Å². The monoisotopic (exact) mass is 390 g/mol. The van der Waals surface area contributed by atoms with Crippen LogP contribution in [-0.2, 0) is 17.9 Å². The fourth-order valence-electron chi connectivity index (χ4n) is 2.85. The van der Waals surface area contributed by atoms with Crippen LogP contribution in [0, 0.1) is 6.92 Å². The summed E-state index contributed by atoms with van der Waals surface area (Å²) in [6.45, 7) is 3.54. The second-order valence-electron chi connectivity index (χ2n) is 6.68. The fourth-order valence-corrected chi connectivity index (χ4v) is 2.97. The van der Waals surface area contributed by atoms with E-state index in [1.54, 1.807) is 19.1 Å². The number of hydrogen-bond donors (Lipinski definition) is 0. The maximum absolute atomic E-state index is 12.6. The van der Waals surface area contributed by atoms with Gasteiger partial charge >= 0.3 is 0 Å². The summed E-state index contributed by atoms with van der Waals surface area (Å²) in [7, 11) is 6.97. The topological polar surface area (TPSA) is 42.0 Å². The summed E-state index contributed by atoms with van der Waals surface area (Å²) >= 11 is 5.91. The number of likely N-dealkylation sites (N-methyl/N-ethyl adjacent to an activating group) is 2. The van der Waals surface area contributed by atoms with Gasteiger partial charge in [0.1, 0.15) is 0 Å². The largest absolute Gasteiger partial charge is 0.493 e. The fraction of sp³-hybridized carbons (Fsp3) is 0.381. The van der Waals surface area contributed by atoms with E-state index in [-0.39, 0.29) is 5.91 Å². The van der Waals surface area contributed by atoms with Gasteiger partial charge in [-0.2, -0.15) is 0 Å². The quantitative estimate of drug-likeness (QED) is 0.688. The molecule has 0 bridgehead atoms. The van der Waals surface area contributed by atoms with Crippen molar-refractivity contribution in [2.45, 2.75) is 20.0 Å². The lowest BCUT2D eigenvalue weighted by atomic mass is 10.1. The third kappa shape index (κ3) is 5.88. The minimum absolute atomic E-state index is 0.0562. The summed E-state index contributed by atoms with van der Waals surface area (Å²) in [5.41, 5.74) is 3.21. The highest BCUT2D eigenvalue weighted by Crippen LogP contribution is 2.30. The van der Waals surface area contributed by atoms with Crippen molar-refractivity contribution < 1.29 is 14.3 Å². The van der Waals surface area contributed by atoms with Gasteiger partial charge in [0.25, 0.3) is 0 Å². The molecule has 0 unspecified atom stereocenters. The van der Waals surface area contributed by atoms with E-state index in [0.717, 1.165) is 16.7 Å². The Balaban J connectivity index is 1.97. The predicted molar refractivity (Wildman–Crippen MR) is 109 cm³/mol. The first-order valence-electron chi connectivity index (χ1n) is 8.72. The second-order valence-corrected chi connectivity index (χ2v) is 7.12. The highest BCUT2D eigenvalue weighted by Gasteiger charge is 2.15. The van der Waals surface area contributed by atoms with Crippen LogP contribution in [-0.4, -0.2) is 50.6 Å². The molecular formula is C21H27ClN2O3. The SMILES string of the molecule is COc1cc(C)c(CN(C)C(=O)CN(C)Cc2ccc(Cl)cc2)cc1OC. The molecule has 0 saturated carbocycles. The van der Waals surface area contributed by atoms with Crippen molar-refractivity contribution >= 4 is 17.5 Å². The van der Waals surface area contributed by atoms with Crippen LogP contribution in [0.3, 0.4) is 0 Å². The zero-order chi connectivity index (χ0) is 20.0. The molecule has 146 valence electrons. The van der Waals surface area contributed by atoms with E-state index in [4.69, 9.17) is 21.1 Å². The summed E-state index contributed by atoms with van der Waals surface area (Å²) in [5.74, 6) is 1.41. The zero-order valence-corrected chi connectivity index (χ0v) is 17.3. The van der Waals surface area contributed by atoms with Crippen LogP contribution < -0.4 is 9.47 Å². The minimum atomic E-state index is 0.0562. The van der Waals surface area contributed by atoms with E-state index in [2.05, 4.69) is 0 Å². The molecule has 0 N–H and O–H groups in total. The van der Waals surface area contributed by atoms with Gasteiger partial charge in [-0.15, -0.1) is 0 Å². The van der Waals surface area contributed by atoms with E-state index >= 15 is 0 Å². The van der Waals surface area contributed by atoms with Gasteiger partial charge in [-0.3, -0.25) is 9.69 Å². The van der Waals surface area contributed by atoms with E-state index in [9.17, 15) is 4.79 Å². The average molecular weight is 391 g/mol. The van der Waals surface area contributed by atoms with Crippen LogP contribution in [0.25, 0.3) is 0 Å². The summed E-state index contributed by atoms with van der Waals surface area (Å²) in [6.07, 6.45) is 0. The molecule has 0 spiro atoms. The molecule has 0 saturated heterocycles. The van der Waals surface area contributed by atoms with Crippen LogP contribution in [0.5, 0.6) is 11.5 Å². The van der Waals surface area contributed by atoms with E-state index in [1.165, 1.54) is 0 Å². The molecule has 0 aliphatic heterocycles. The Morgan fingerprint density at radius 1 is 1.00 bits per heavy atom. The van der Waals surface area contributed by atoms with Crippen LogP contribution >= 0.6 is 11.6 Å². The van der Waals surface area contributed by atoms with Crippen LogP contribution in [0.1, 0.15) is 16.7 Å². The number of aryl methyl sites for hydroxylation is 1. The van der Waals surface area contributed by atoms with Crippen molar-refractivity contribution in [2.24, 2.45) is 0 Å². The predicted octanol–water partition coefficient (Wildman–Crippen LogP) is 3.76. The van der Waals surface area contributed by atoms with Crippen LogP contribution in [0.4, 0.5) is 0 Å². The summed E-state index contributed by atoms with van der Waals surface area (Å²) in [4.78, 5) is 16.3. The van der Waals surface area contributed by atoms with Gasteiger partial charge in [-0.1, -0.05) is 23.7 Å². The van der Waals surface area contributed by atoms with E-state index < -0.39 is 0 Å². The molecule has 2 aromatic rings. The summed E-state index contributed by atoms with van der Waals surface area (Å²) < 4.78 is 10.7. The maximum Gasteiger partial charge on any atom is 0.236 e. The lowest BCUT2D eigenvalue weighted by Gasteiger charge is -2.23. The molecule has 2 rings (SSSR count). The van der Waals surface area contributed by atoms with Crippen molar-refractivity contribution in [1.29, 1.82) is 0 Å². The van der Waals surface area contributed by atoms with Gasteiger partial charge in [0.05, 0.1) is 20.8 Å². The number of nitrogens with zero attached hydrogens (tertiary/aromatic N) is 2. The third-order valence-corrected chi connectivity index (χ3v) is 4.70. The Hall–Kier alpha value is -2.24. The van der Waals surface area contributed by atoms with Gasteiger partial charge in [0.15, 0.2) is 11.5 Å².